The maximum absolute atomic E-state index is 12.0. The highest BCUT2D eigenvalue weighted by atomic mass is 16.2. The molecule has 0 spiro atoms. The minimum absolute atomic E-state index is 0.0524. The quantitative estimate of drug-likeness (QED) is 0.856. The molecule has 1 atom stereocenters. The maximum Gasteiger partial charge on any atom is 0.237 e. The summed E-state index contributed by atoms with van der Waals surface area (Å²) in [7, 11) is 0. The molecule has 0 radical (unpaired) electrons. The molecule has 1 saturated heterocycles. The lowest BCUT2D eigenvalue weighted by atomic mass is 10.2. The highest BCUT2D eigenvalue weighted by Gasteiger charge is 2.21. The zero-order valence-electron chi connectivity index (χ0n) is 11.1. The van der Waals surface area contributed by atoms with Gasteiger partial charge in [-0.1, -0.05) is 6.07 Å². The van der Waals surface area contributed by atoms with Crippen LogP contribution in [0.25, 0.3) is 5.82 Å². The molecule has 1 aliphatic rings. The van der Waals surface area contributed by atoms with E-state index in [2.05, 4.69) is 20.6 Å². The van der Waals surface area contributed by atoms with Crippen LogP contribution in [0.5, 0.6) is 0 Å². The van der Waals surface area contributed by atoms with E-state index in [1.807, 2.05) is 22.9 Å². The molecule has 104 valence electrons. The van der Waals surface area contributed by atoms with Gasteiger partial charge < -0.3 is 10.6 Å². The van der Waals surface area contributed by atoms with E-state index in [-0.39, 0.29) is 11.9 Å². The lowest BCUT2D eigenvalue weighted by Crippen LogP contribution is -2.40. The number of carbonyl (C=O) groups is 1. The van der Waals surface area contributed by atoms with Crippen LogP contribution in [0.4, 0.5) is 0 Å². The molecule has 0 bridgehead atoms. The third kappa shape index (κ3) is 2.70. The molecule has 2 aromatic heterocycles. The summed E-state index contributed by atoms with van der Waals surface area (Å²) in [5, 5.41) is 6.16. The Balaban J connectivity index is 1.70. The van der Waals surface area contributed by atoms with Gasteiger partial charge >= 0.3 is 0 Å². The fourth-order valence-electron chi connectivity index (χ4n) is 2.40. The van der Waals surface area contributed by atoms with Gasteiger partial charge in [-0.15, -0.1) is 0 Å². The van der Waals surface area contributed by atoms with Gasteiger partial charge in [0, 0.05) is 30.7 Å². The molecule has 2 aromatic rings. The molecule has 6 nitrogen and oxygen atoms in total. The van der Waals surface area contributed by atoms with Crippen LogP contribution >= 0.6 is 0 Å². The molecule has 1 amide bonds. The van der Waals surface area contributed by atoms with Gasteiger partial charge in [0.1, 0.15) is 12.1 Å². The van der Waals surface area contributed by atoms with Gasteiger partial charge in [0.2, 0.25) is 5.91 Å². The van der Waals surface area contributed by atoms with E-state index < -0.39 is 0 Å². The van der Waals surface area contributed by atoms with Crippen molar-refractivity contribution >= 4 is 5.91 Å². The Morgan fingerprint density at radius 1 is 1.50 bits per heavy atom. The number of nitrogens with zero attached hydrogens (tertiary/aromatic N) is 3. The summed E-state index contributed by atoms with van der Waals surface area (Å²) >= 11 is 0. The van der Waals surface area contributed by atoms with Crippen LogP contribution in [0.15, 0.2) is 37.1 Å². The molecular weight excluding hydrogens is 254 g/mol. The topological polar surface area (TPSA) is 71.8 Å². The zero-order valence-corrected chi connectivity index (χ0v) is 11.1. The predicted octanol–water partition coefficient (Wildman–Crippen LogP) is 0.635. The lowest BCUT2D eigenvalue weighted by molar-refractivity contribution is -0.122. The van der Waals surface area contributed by atoms with Gasteiger partial charge in [-0.2, -0.15) is 0 Å². The summed E-state index contributed by atoms with van der Waals surface area (Å²) in [5.41, 5.74) is 0.969. The van der Waals surface area contributed by atoms with E-state index in [1.165, 1.54) is 0 Å². The van der Waals surface area contributed by atoms with Gasteiger partial charge in [0.25, 0.3) is 0 Å². The van der Waals surface area contributed by atoms with E-state index >= 15 is 0 Å². The van der Waals surface area contributed by atoms with Gasteiger partial charge in [-0.3, -0.25) is 9.36 Å². The smallest absolute Gasteiger partial charge is 0.237 e. The molecule has 3 heterocycles. The zero-order chi connectivity index (χ0) is 13.8. The first-order chi connectivity index (χ1) is 9.84. The fraction of sp³-hybridized carbons (Fsp3) is 0.357. The number of pyridine rings is 1. The molecule has 20 heavy (non-hydrogen) atoms. The van der Waals surface area contributed by atoms with Gasteiger partial charge in [-0.05, 0) is 25.5 Å². The van der Waals surface area contributed by atoms with Crippen molar-refractivity contribution in [2.75, 3.05) is 6.54 Å². The van der Waals surface area contributed by atoms with E-state index in [1.54, 1.807) is 18.7 Å². The molecule has 0 saturated carbocycles. The van der Waals surface area contributed by atoms with Crippen molar-refractivity contribution in [1.29, 1.82) is 0 Å². The normalized spacial score (nSPS) is 18.1. The van der Waals surface area contributed by atoms with Gasteiger partial charge in [0.05, 0.1) is 6.04 Å². The van der Waals surface area contributed by atoms with Crippen LogP contribution in [-0.2, 0) is 11.3 Å². The van der Waals surface area contributed by atoms with E-state index in [0.29, 0.717) is 6.54 Å². The van der Waals surface area contributed by atoms with Crippen molar-refractivity contribution in [2.45, 2.75) is 25.4 Å². The number of hydrogen-bond donors (Lipinski definition) is 2. The lowest BCUT2D eigenvalue weighted by Gasteiger charge is -2.13. The van der Waals surface area contributed by atoms with Crippen LogP contribution in [0.3, 0.4) is 0 Å². The third-order valence-electron chi connectivity index (χ3n) is 3.45. The molecule has 6 heteroatoms. The molecule has 1 aliphatic heterocycles. The van der Waals surface area contributed by atoms with Crippen molar-refractivity contribution in [3.8, 4) is 5.82 Å². The fourth-order valence-corrected chi connectivity index (χ4v) is 2.40. The summed E-state index contributed by atoms with van der Waals surface area (Å²) in [6.45, 7) is 1.39. The minimum Gasteiger partial charge on any atom is -0.351 e. The van der Waals surface area contributed by atoms with Crippen molar-refractivity contribution in [2.24, 2.45) is 0 Å². The van der Waals surface area contributed by atoms with E-state index in [4.69, 9.17) is 0 Å². The standard InChI is InChI=1S/C14H17N5O/c20-14(12-4-2-5-16-12)18-9-11-3-1-6-17-13(11)19-8-7-15-10-19/h1,3,6-8,10,12,16H,2,4-5,9H2,(H,18,20). The van der Waals surface area contributed by atoms with Crippen LogP contribution in [0, 0.1) is 0 Å². The molecule has 2 N–H and O–H groups in total. The predicted molar refractivity (Wildman–Crippen MR) is 74.2 cm³/mol. The van der Waals surface area contributed by atoms with E-state index in [9.17, 15) is 4.79 Å². The van der Waals surface area contributed by atoms with Crippen molar-refractivity contribution in [1.82, 2.24) is 25.2 Å². The maximum atomic E-state index is 12.0. The number of hydrogen-bond acceptors (Lipinski definition) is 4. The minimum atomic E-state index is -0.0524. The number of imidazole rings is 1. The molecular formula is C14H17N5O. The van der Waals surface area contributed by atoms with Crippen LogP contribution in [0.1, 0.15) is 18.4 Å². The average Bonchev–Trinajstić information content (AvgIpc) is 3.17. The Morgan fingerprint density at radius 3 is 3.20 bits per heavy atom. The third-order valence-corrected chi connectivity index (χ3v) is 3.45. The summed E-state index contributed by atoms with van der Waals surface area (Å²) < 4.78 is 1.84. The number of rotatable bonds is 4. The first kappa shape index (κ1) is 12.8. The number of carbonyl (C=O) groups excluding carboxylic acids is 1. The van der Waals surface area contributed by atoms with Crippen molar-refractivity contribution < 1.29 is 4.79 Å². The second kappa shape index (κ2) is 5.83. The molecule has 1 fully saturated rings. The van der Waals surface area contributed by atoms with Gasteiger partial charge in [0.15, 0.2) is 0 Å². The Morgan fingerprint density at radius 2 is 2.45 bits per heavy atom. The highest BCUT2D eigenvalue weighted by molar-refractivity contribution is 5.82. The Hall–Kier alpha value is -2.21. The summed E-state index contributed by atoms with van der Waals surface area (Å²) in [6, 6.07) is 3.78. The number of aromatic nitrogens is 3. The van der Waals surface area contributed by atoms with Crippen LogP contribution in [0.2, 0.25) is 0 Å². The second-order valence-corrected chi connectivity index (χ2v) is 4.82. The second-order valence-electron chi connectivity index (χ2n) is 4.82. The molecule has 0 aliphatic carbocycles. The van der Waals surface area contributed by atoms with Crippen LogP contribution in [-0.4, -0.2) is 33.0 Å². The number of nitrogens with one attached hydrogen (secondary N) is 2. The summed E-state index contributed by atoms with van der Waals surface area (Å²) in [6.07, 6.45) is 8.95. The first-order valence-corrected chi connectivity index (χ1v) is 6.78. The first-order valence-electron chi connectivity index (χ1n) is 6.78. The molecule has 0 aromatic carbocycles. The van der Waals surface area contributed by atoms with E-state index in [0.717, 1.165) is 30.8 Å². The average molecular weight is 271 g/mol. The van der Waals surface area contributed by atoms with Crippen molar-refractivity contribution in [3.05, 3.63) is 42.6 Å². The SMILES string of the molecule is O=C(NCc1cccnc1-n1ccnc1)C1CCCN1. The highest BCUT2D eigenvalue weighted by Crippen LogP contribution is 2.11. The largest absolute Gasteiger partial charge is 0.351 e. The Kier molecular flexibility index (Phi) is 3.73. The van der Waals surface area contributed by atoms with Gasteiger partial charge in [-0.25, -0.2) is 9.97 Å². The van der Waals surface area contributed by atoms with Crippen LogP contribution < -0.4 is 10.6 Å². The van der Waals surface area contributed by atoms with Crippen molar-refractivity contribution in [3.63, 3.8) is 0 Å². The summed E-state index contributed by atoms with van der Waals surface area (Å²) in [4.78, 5) is 20.4. The Bertz CT molecular complexity index is 575. The molecule has 3 rings (SSSR count). The molecule has 1 unspecified atom stereocenters. The Labute approximate surface area is 117 Å². The number of amides is 1. The summed E-state index contributed by atoms with van der Waals surface area (Å²) in [5.74, 6) is 0.854. The monoisotopic (exact) mass is 271 g/mol.